The smallest absolute Gasteiger partial charge is 0.388 e. The summed E-state index contributed by atoms with van der Waals surface area (Å²) in [5.74, 6) is 0. The molecule has 1 rings (SSSR count). The van der Waals surface area contributed by atoms with Crippen molar-refractivity contribution in [2.75, 3.05) is 31.4 Å². The molecule has 1 aromatic rings. The number of hydrogen-bond acceptors (Lipinski definition) is 2. The molecule has 5 heteroatoms. The minimum Gasteiger partial charge on any atom is -0.388 e. The van der Waals surface area contributed by atoms with Crippen LogP contribution in [0.15, 0.2) is 18.2 Å². The van der Waals surface area contributed by atoms with E-state index < -0.39 is 11.7 Å². The molecule has 0 spiro atoms. The molecule has 0 unspecified atom stereocenters. The molecule has 0 aliphatic carbocycles. The molecule has 1 aromatic carbocycles. The topological polar surface area (TPSA) is 15.3 Å². The van der Waals surface area contributed by atoms with Crippen molar-refractivity contribution in [1.82, 2.24) is 0 Å². The SMILES string of the molecule is CNc1ccc(N(C)C)c(C(F)(F)F)c1. The second-order valence-corrected chi connectivity index (χ2v) is 3.37. The minimum absolute atomic E-state index is 0.168. The molecule has 0 atom stereocenters. The van der Waals surface area contributed by atoms with Crippen molar-refractivity contribution < 1.29 is 13.2 Å². The molecular formula is C10H13F3N2. The Hall–Kier alpha value is -1.39. The maximum atomic E-state index is 12.7. The highest BCUT2D eigenvalue weighted by Gasteiger charge is 2.34. The van der Waals surface area contributed by atoms with Gasteiger partial charge in [-0.1, -0.05) is 0 Å². The quantitative estimate of drug-likeness (QED) is 0.821. The lowest BCUT2D eigenvalue weighted by Crippen LogP contribution is -2.16. The first-order valence-electron chi connectivity index (χ1n) is 4.42. The van der Waals surface area contributed by atoms with Gasteiger partial charge >= 0.3 is 6.18 Å². The third-order valence-electron chi connectivity index (χ3n) is 2.07. The fraction of sp³-hybridized carbons (Fsp3) is 0.400. The fourth-order valence-electron chi connectivity index (χ4n) is 1.31. The van der Waals surface area contributed by atoms with Gasteiger partial charge in [-0.2, -0.15) is 13.2 Å². The zero-order valence-corrected chi connectivity index (χ0v) is 8.81. The average Bonchev–Trinajstić information content (AvgIpc) is 2.15. The summed E-state index contributed by atoms with van der Waals surface area (Å²) in [6.07, 6.45) is -4.33. The number of rotatable bonds is 2. The second kappa shape index (κ2) is 4.00. The van der Waals surface area contributed by atoms with E-state index in [1.165, 1.54) is 11.0 Å². The maximum Gasteiger partial charge on any atom is 0.418 e. The van der Waals surface area contributed by atoms with Crippen LogP contribution < -0.4 is 10.2 Å². The molecule has 0 bridgehead atoms. The summed E-state index contributed by atoms with van der Waals surface area (Å²) in [4.78, 5) is 1.45. The van der Waals surface area contributed by atoms with Crippen molar-refractivity contribution in [3.63, 3.8) is 0 Å². The van der Waals surface area contributed by atoms with Crippen LogP contribution in [0.2, 0.25) is 0 Å². The zero-order chi connectivity index (χ0) is 11.6. The molecule has 0 heterocycles. The monoisotopic (exact) mass is 218 g/mol. The van der Waals surface area contributed by atoms with E-state index in [1.54, 1.807) is 27.2 Å². The van der Waals surface area contributed by atoms with Gasteiger partial charge in [0.1, 0.15) is 0 Å². The molecule has 0 saturated heterocycles. The third-order valence-corrected chi connectivity index (χ3v) is 2.07. The van der Waals surface area contributed by atoms with Crippen LogP contribution >= 0.6 is 0 Å². The average molecular weight is 218 g/mol. The van der Waals surface area contributed by atoms with Crippen molar-refractivity contribution in [2.24, 2.45) is 0 Å². The molecule has 0 fully saturated rings. The molecule has 0 aliphatic rings. The van der Waals surface area contributed by atoms with Crippen LogP contribution in [0.5, 0.6) is 0 Å². The number of nitrogens with one attached hydrogen (secondary N) is 1. The van der Waals surface area contributed by atoms with Gasteiger partial charge in [0.15, 0.2) is 0 Å². The molecule has 2 nitrogen and oxygen atoms in total. The third kappa shape index (κ3) is 2.55. The van der Waals surface area contributed by atoms with Gasteiger partial charge in [-0.05, 0) is 18.2 Å². The number of nitrogens with zero attached hydrogens (tertiary/aromatic N) is 1. The van der Waals surface area contributed by atoms with E-state index in [2.05, 4.69) is 5.32 Å². The first-order valence-corrected chi connectivity index (χ1v) is 4.42. The van der Waals surface area contributed by atoms with Gasteiger partial charge in [-0.3, -0.25) is 0 Å². The predicted octanol–water partition coefficient (Wildman–Crippen LogP) is 2.81. The normalized spacial score (nSPS) is 11.3. The van der Waals surface area contributed by atoms with E-state index in [0.717, 1.165) is 6.07 Å². The van der Waals surface area contributed by atoms with E-state index in [9.17, 15) is 13.2 Å². The van der Waals surface area contributed by atoms with Crippen LogP contribution in [0.1, 0.15) is 5.56 Å². The molecule has 0 aliphatic heterocycles. The minimum atomic E-state index is -4.33. The molecule has 0 saturated carbocycles. The number of alkyl halides is 3. The Morgan fingerprint density at radius 2 is 1.80 bits per heavy atom. The van der Waals surface area contributed by atoms with Crippen molar-refractivity contribution in [2.45, 2.75) is 6.18 Å². The summed E-state index contributed by atoms with van der Waals surface area (Å²) in [7, 11) is 4.76. The molecule has 0 aromatic heterocycles. The van der Waals surface area contributed by atoms with Crippen LogP contribution in [0.4, 0.5) is 24.5 Å². The van der Waals surface area contributed by atoms with Gasteiger partial charge in [-0.15, -0.1) is 0 Å². The van der Waals surface area contributed by atoms with Crippen LogP contribution in [0.25, 0.3) is 0 Å². The highest BCUT2D eigenvalue weighted by molar-refractivity contribution is 5.61. The Balaban J connectivity index is 3.29. The van der Waals surface area contributed by atoms with Gasteiger partial charge < -0.3 is 10.2 Å². The maximum absolute atomic E-state index is 12.7. The Labute approximate surface area is 86.7 Å². The van der Waals surface area contributed by atoms with Crippen LogP contribution in [0.3, 0.4) is 0 Å². The Kier molecular flexibility index (Phi) is 3.12. The summed E-state index contributed by atoms with van der Waals surface area (Å²) in [6, 6.07) is 4.18. The Morgan fingerprint density at radius 1 is 1.20 bits per heavy atom. The van der Waals surface area contributed by atoms with E-state index in [0.29, 0.717) is 5.69 Å². The number of anilines is 2. The highest BCUT2D eigenvalue weighted by Crippen LogP contribution is 2.37. The van der Waals surface area contributed by atoms with E-state index >= 15 is 0 Å². The molecule has 84 valence electrons. The summed E-state index contributed by atoms with van der Waals surface area (Å²) in [5, 5.41) is 2.69. The lowest BCUT2D eigenvalue weighted by Gasteiger charge is -2.20. The standard InChI is InChI=1S/C10H13F3N2/c1-14-7-4-5-9(15(2)3)8(6-7)10(11,12)13/h4-6,14H,1-3H3. The van der Waals surface area contributed by atoms with E-state index in [-0.39, 0.29) is 5.69 Å². The first-order chi connectivity index (χ1) is 6.86. The fourth-order valence-corrected chi connectivity index (χ4v) is 1.31. The Bertz CT molecular complexity index is 345. The molecule has 0 radical (unpaired) electrons. The van der Waals surface area contributed by atoms with Crippen LogP contribution in [0, 0.1) is 0 Å². The largest absolute Gasteiger partial charge is 0.418 e. The second-order valence-electron chi connectivity index (χ2n) is 3.37. The summed E-state index contributed by atoms with van der Waals surface area (Å²) in [6.45, 7) is 0. The van der Waals surface area contributed by atoms with Crippen LogP contribution in [-0.2, 0) is 6.18 Å². The number of benzene rings is 1. The lowest BCUT2D eigenvalue weighted by atomic mass is 10.1. The summed E-state index contributed by atoms with van der Waals surface area (Å²) < 4.78 is 38.0. The van der Waals surface area contributed by atoms with Crippen LogP contribution in [-0.4, -0.2) is 21.1 Å². The van der Waals surface area contributed by atoms with E-state index in [1.807, 2.05) is 0 Å². The molecule has 0 amide bonds. The molecule has 15 heavy (non-hydrogen) atoms. The highest BCUT2D eigenvalue weighted by atomic mass is 19.4. The Morgan fingerprint density at radius 3 is 2.20 bits per heavy atom. The predicted molar refractivity (Wildman–Crippen MR) is 55.3 cm³/mol. The van der Waals surface area contributed by atoms with Gasteiger partial charge in [-0.25, -0.2) is 0 Å². The van der Waals surface area contributed by atoms with Crippen molar-refractivity contribution in [3.05, 3.63) is 23.8 Å². The van der Waals surface area contributed by atoms with Crippen molar-refractivity contribution in [3.8, 4) is 0 Å². The first kappa shape index (κ1) is 11.7. The van der Waals surface area contributed by atoms with Gasteiger partial charge in [0.25, 0.3) is 0 Å². The van der Waals surface area contributed by atoms with Gasteiger partial charge in [0.2, 0.25) is 0 Å². The van der Waals surface area contributed by atoms with E-state index in [4.69, 9.17) is 0 Å². The van der Waals surface area contributed by atoms with Crippen molar-refractivity contribution >= 4 is 11.4 Å². The summed E-state index contributed by atoms with van der Waals surface area (Å²) >= 11 is 0. The lowest BCUT2D eigenvalue weighted by molar-refractivity contribution is -0.137. The van der Waals surface area contributed by atoms with Gasteiger partial charge in [0, 0.05) is 32.5 Å². The number of hydrogen-bond donors (Lipinski definition) is 1. The van der Waals surface area contributed by atoms with Gasteiger partial charge in [0.05, 0.1) is 5.56 Å². The molecule has 1 N–H and O–H groups in total. The molecular weight excluding hydrogens is 205 g/mol. The summed E-state index contributed by atoms with van der Waals surface area (Å²) in [5.41, 5.74) is -0.00576. The van der Waals surface area contributed by atoms with Crippen molar-refractivity contribution in [1.29, 1.82) is 0 Å². The number of halogens is 3. The zero-order valence-electron chi connectivity index (χ0n) is 8.81.